The number of urea groups is 1. The minimum absolute atomic E-state index is 0.129. The molecular formula is C31H25BrN2O4. The number of nitrogens with one attached hydrogen (secondary N) is 1. The monoisotopic (exact) mass is 568 g/mol. The van der Waals surface area contributed by atoms with Crippen molar-refractivity contribution in [1.82, 2.24) is 5.32 Å². The van der Waals surface area contributed by atoms with Gasteiger partial charge in [0.25, 0.3) is 11.8 Å². The Labute approximate surface area is 229 Å². The van der Waals surface area contributed by atoms with Crippen molar-refractivity contribution in [3.63, 3.8) is 0 Å². The highest BCUT2D eigenvalue weighted by Crippen LogP contribution is 2.30. The van der Waals surface area contributed by atoms with Gasteiger partial charge < -0.3 is 4.74 Å². The smallest absolute Gasteiger partial charge is 0.335 e. The maximum Gasteiger partial charge on any atom is 0.335 e. The Morgan fingerprint density at radius 1 is 0.947 bits per heavy atom. The van der Waals surface area contributed by atoms with Crippen LogP contribution in [0, 0.1) is 6.92 Å². The summed E-state index contributed by atoms with van der Waals surface area (Å²) in [6.45, 7) is 4.47. The van der Waals surface area contributed by atoms with Gasteiger partial charge in [0.05, 0.1) is 10.2 Å². The van der Waals surface area contributed by atoms with E-state index < -0.39 is 17.8 Å². The molecule has 0 spiro atoms. The lowest BCUT2D eigenvalue weighted by Gasteiger charge is -2.26. The number of nitrogens with zero attached hydrogens (tertiary/aromatic N) is 1. The summed E-state index contributed by atoms with van der Waals surface area (Å²) in [5.74, 6) is -0.776. The second-order valence-corrected chi connectivity index (χ2v) is 9.89. The molecule has 0 aliphatic carbocycles. The standard InChI is InChI=1S/C31H25BrN2O4/c1-3-20-9-13-23(14-10-20)34-30(36)25(29(35)33-31(34)37)16-21-11-15-28(27(32)17-21)38-18-26-19(2)8-12-22-6-4-5-7-24(22)26/h4-17H,3,18H2,1-2H3,(H,33,35,37)/b25-16+. The van der Waals surface area contributed by atoms with E-state index in [1.165, 1.54) is 6.08 Å². The molecule has 38 heavy (non-hydrogen) atoms. The molecular weight excluding hydrogens is 544 g/mol. The maximum atomic E-state index is 13.2. The molecule has 0 radical (unpaired) electrons. The molecule has 7 heteroatoms. The summed E-state index contributed by atoms with van der Waals surface area (Å²) in [4.78, 5) is 39.2. The summed E-state index contributed by atoms with van der Waals surface area (Å²) in [6, 6.07) is 24.0. The molecule has 0 aromatic heterocycles. The summed E-state index contributed by atoms with van der Waals surface area (Å²) in [7, 11) is 0. The third kappa shape index (κ3) is 4.97. The Kier molecular flexibility index (Phi) is 7.11. The molecule has 4 amide bonds. The average Bonchev–Trinajstić information content (AvgIpc) is 2.91. The van der Waals surface area contributed by atoms with Gasteiger partial charge in [0.2, 0.25) is 0 Å². The number of barbiturate groups is 1. The van der Waals surface area contributed by atoms with Crippen LogP contribution in [0.1, 0.15) is 29.2 Å². The van der Waals surface area contributed by atoms with E-state index in [1.807, 2.05) is 31.2 Å². The van der Waals surface area contributed by atoms with Crippen LogP contribution in [0.3, 0.4) is 0 Å². The van der Waals surface area contributed by atoms with Crippen molar-refractivity contribution in [1.29, 1.82) is 0 Å². The summed E-state index contributed by atoms with van der Waals surface area (Å²) in [6.07, 6.45) is 2.31. The van der Waals surface area contributed by atoms with Gasteiger partial charge in [0, 0.05) is 5.56 Å². The highest BCUT2D eigenvalue weighted by atomic mass is 79.9. The number of anilines is 1. The van der Waals surface area contributed by atoms with E-state index in [-0.39, 0.29) is 5.57 Å². The number of carbonyl (C=O) groups excluding carboxylic acids is 3. The van der Waals surface area contributed by atoms with Crippen molar-refractivity contribution in [3.05, 3.63) is 111 Å². The number of fused-ring (bicyclic) bond motifs is 1. The fourth-order valence-corrected chi connectivity index (χ4v) is 4.96. The van der Waals surface area contributed by atoms with Gasteiger partial charge in [0.1, 0.15) is 17.9 Å². The van der Waals surface area contributed by atoms with Crippen molar-refractivity contribution in [2.45, 2.75) is 26.9 Å². The van der Waals surface area contributed by atoms with Crippen LogP contribution in [-0.4, -0.2) is 17.8 Å². The third-order valence-electron chi connectivity index (χ3n) is 6.62. The van der Waals surface area contributed by atoms with Gasteiger partial charge in [-0.25, -0.2) is 9.69 Å². The summed E-state index contributed by atoms with van der Waals surface area (Å²) in [5, 5.41) is 4.57. The Hall–Kier alpha value is -4.23. The first kappa shape index (κ1) is 25.4. The van der Waals surface area contributed by atoms with Crippen molar-refractivity contribution in [2.24, 2.45) is 0 Å². The number of benzene rings is 4. The fraction of sp³-hybridized carbons (Fsp3) is 0.129. The van der Waals surface area contributed by atoms with Crippen LogP contribution in [0.25, 0.3) is 16.8 Å². The van der Waals surface area contributed by atoms with Crippen LogP contribution in [0.4, 0.5) is 10.5 Å². The quantitative estimate of drug-likeness (QED) is 0.207. The first-order valence-electron chi connectivity index (χ1n) is 12.3. The zero-order chi connectivity index (χ0) is 26.8. The number of halogens is 1. The second kappa shape index (κ2) is 10.6. The van der Waals surface area contributed by atoms with Crippen molar-refractivity contribution >= 4 is 56.3 Å². The number of hydrogen-bond acceptors (Lipinski definition) is 4. The maximum absolute atomic E-state index is 13.2. The van der Waals surface area contributed by atoms with Gasteiger partial charge in [-0.1, -0.05) is 61.5 Å². The normalized spacial score (nSPS) is 14.8. The SMILES string of the molecule is CCc1ccc(N2C(=O)NC(=O)/C(=C\c3ccc(OCc4c(C)ccc5ccccc45)c(Br)c3)C2=O)cc1. The first-order valence-corrected chi connectivity index (χ1v) is 13.0. The molecule has 0 saturated carbocycles. The van der Waals surface area contributed by atoms with Crippen LogP contribution >= 0.6 is 15.9 Å². The van der Waals surface area contributed by atoms with Crippen LogP contribution in [0.5, 0.6) is 5.75 Å². The number of aryl methyl sites for hydroxylation is 2. The topological polar surface area (TPSA) is 75.7 Å². The van der Waals surface area contributed by atoms with E-state index in [1.54, 1.807) is 30.3 Å². The Morgan fingerprint density at radius 2 is 1.71 bits per heavy atom. The second-order valence-electron chi connectivity index (χ2n) is 9.04. The molecule has 1 saturated heterocycles. The lowest BCUT2D eigenvalue weighted by Crippen LogP contribution is -2.54. The van der Waals surface area contributed by atoms with E-state index >= 15 is 0 Å². The minimum atomic E-state index is -0.768. The van der Waals surface area contributed by atoms with Crippen molar-refractivity contribution < 1.29 is 19.1 Å². The van der Waals surface area contributed by atoms with Crippen LogP contribution < -0.4 is 15.0 Å². The third-order valence-corrected chi connectivity index (χ3v) is 7.24. The predicted molar refractivity (Wildman–Crippen MR) is 152 cm³/mol. The number of hydrogen-bond donors (Lipinski definition) is 1. The molecule has 190 valence electrons. The van der Waals surface area contributed by atoms with Gasteiger partial charge in [0.15, 0.2) is 0 Å². The number of imide groups is 2. The van der Waals surface area contributed by atoms with Crippen LogP contribution in [-0.2, 0) is 22.6 Å². The van der Waals surface area contributed by atoms with Gasteiger partial charge in [-0.15, -0.1) is 0 Å². The molecule has 1 aliphatic heterocycles. The number of rotatable bonds is 6. The Balaban J connectivity index is 1.38. The zero-order valence-corrected chi connectivity index (χ0v) is 22.5. The van der Waals surface area contributed by atoms with Crippen molar-refractivity contribution in [3.8, 4) is 5.75 Å². The van der Waals surface area contributed by atoms with Gasteiger partial charge in [-0.2, -0.15) is 0 Å². The highest BCUT2D eigenvalue weighted by molar-refractivity contribution is 9.10. The largest absolute Gasteiger partial charge is 0.488 e. The lowest BCUT2D eigenvalue weighted by molar-refractivity contribution is -0.122. The molecule has 0 atom stereocenters. The molecule has 1 heterocycles. The van der Waals surface area contributed by atoms with Gasteiger partial charge >= 0.3 is 6.03 Å². The highest BCUT2D eigenvalue weighted by Gasteiger charge is 2.36. The molecule has 1 fully saturated rings. The van der Waals surface area contributed by atoms with Gasteiger partial charge in [-0.3, -0.25) is 14.9 Å². The molecule has 6 nitrogen and oxygen atoms in total. The van der Waals surface area contributed by atoms with Gasteiger partial charge in [-0.05, 0) is 87.1 Å². The minimum Gasteiger partial charge on any atom is -0.488 e. The summed E-state index contributed by atoms with van der Waals surface area (Å²) in [5.41, 5.74) is 4.22. The average molecular weight is 569 g/mol. The fourth-order valence-electron chi connectivity index (χ4n) is 4.45. The van der Waals surface area contributed by atoms with E-state index in [0.29, 0.717) is 28.1 Å². The number of carbonyl (C=O) groups is 3. The van der Waals surface area contributed by atoms with Crippen molar-refractivity contribution in [2.75, 3.05) is 4.90 Å². The van der Waals surface area contributed by atoms with Crippen LogP contribution in [0.2, 0.25) is 0 Å². The predicted octanol–water partition coefficient (Wildman–Crippen LogP) is 6.72. The molecule has 4 aromatic rings. The van der Waals surface area contributed by atoms with E-state index in [9.17, 15) is 14.4 Å². The molecule has 1 N–H and O–H groups in total. The number of amides is 4. The summed E-state index contributed by atoms with van der Waals surface area (Å²) < 4.78 is 6.82. The van der Waals surface area contributed by atoms with E-state index in [0.717, 1.165) is 38.8 Å². The lowest BCUT2D eigenvalue weighted by atomic mass is 10.0. The van der Waals surface area contributed by atoms with E-state index in [2.05, 4.69) is 52.4 Å². The zero-order valence-electron chi connectivity index (χ0n) is 21.0. The summed E-state index contributed by atoms with van der Waals surface area (Å²) >= 11 is 3.55. The van der Waals surface area contributed by atoms with Crippen LogP contribution in [0.15, 0.2) is 88.9 Å². The molecule has 0 unspecified atom stereocenters. The van der Waals surface area contributed by atoms with E-state index in [4.69, 9.17) is 4.74 Å². The molecule has 1 aliphatic rings. The number of ether oxygens (including phenoxy) is 1. The first-order chi connectivity index (χ1) is 18.4. The molecule has 5 rings (SSSR count). The molecule has 0 bridgehead atoms. The Morgan fingerprint density at radius 3 is 2.45 bits per heavy atom. The molecule has 4 aromatic carbocycles. The Bertz CT molecular complexity index is 1610.